The van der Waals surface area contributed by atoms with Gasteiger partial charge in [-0.1, -0.05) is 13.8 Å². The van der Waals surface area contributed by atoms with E-state index in [0.29, 0.717) is 5.56 Å². The van der Waals surface area contributed by atoms with Crippen molar-refractivity contribution in [3.8, 4) is 0 Å². The molecule has 1 rings (SSSR count). The highest BCUT2D eigenvalue weighted by Gasteiger charge is 2.23. The van der Waals surface area contributed by atoms with Crippen LogP contribution in [0.1, 0.15) is 26.3 Å². The maximum Gasteiger partial charge on any atom is 0.243 e. The third kappa shape index (κ3) is 3.20. The average Bonchev–Trinajstić information content (AvgIpc) is 2.22. The Bertz CT molecular complexity index is 541. The lowest BCUT2D eigenvalue weighted by molar-refractivity contribution is 0.473. The molecule has 0 aliphatic carbocycles. The van der Waals surface area contributed by atoms with Crippen LogP contribution < -0.4 is 10.5 Å². The second-order valence-electron chi connectivity index (χ2n) is 4.79. The lowest BCUT2D eigenvalue weighted by atomic mass is 10.1. The lowest BCUT2D eigenvalue weighted by Crippen LogP contribution is -2.36. The van der Waals surface area contributed by atoms with E-state index in [-0.39, 0.29) is 17.6 Å². The summed E-state index contributed by atoms with van der Waals surface area (Å²) in [6.45, 7) is 7.12. The van der Waals surface area contributed by atoms with Crippen LogP contribution in [0.2, 0.25) is 0 Å². The van der Waals surface area contributed by atoms with Gasteiger partial charge in [0, 0.05) is 11.7 Å². The summed E-state index contributed by atoms with van der Waals surface area (Å²) in [7, 11) is -3.88. The zero-order valence-corrected chi connectivity index (χ0v) is 11.8. The fourth-order valence-electron chi connectivity index (χ4n) is 1.32. The molecule has 0 saturated heterocycles. The zero-order chi connectivity index (χ0) is 14.1. The summed E-state index contributed by atoms with van der Waals surface area (Å²) in [5.74, 6) is -0.671. The number of benzene rings is 1. The van der Waals surface area contributed by atoms with Crippen molar-refractivity contribution in [1.29, 1.82) is 0 Å². The molecule has 1 unspecified atom stereocenters. The van der Waals surface area contributed by atoms with Crippen molar-refractivity contribution < 1.29 is 12.8 Å². The molecule has 0 bridgehead atoms. The SMILES string of the molecule is Cc1cc(F)c(S(=O)(=O)NC(C)C(C)C)cc1N. The first-order valence-corrected chi connectivity index (χ1v) is 7.21. The molecule has 0 aliphatic heterocycles. The van der Waals surface area contributed by atoms with Crippen LogP contribution in [0, 0.1) is 18.7 Å². The van der Waals surface area contributed by atoms with Gasteiger partial charge in [-0.25, -0.2) is 17.5 Å². The molecule has 4 nitrogen and oxygen atoms in total. The van der Waals surface area contributed by atoms with E-state index in [1.165, 1.54) is 0 Å². The highest BCUT2D eigenvalue weighted by Crippen LogP contribution is 2.22. The van der Waals surface area contributed by atoms with E-state index < -0.39 is 20.7 Å². The first-order chi connectivity index (χ1) is 8.15. The van der Waals surface area contributed by atoms with Crippen LogP contribution >= 0.6 is 0 Å². The normalized spacial score (nSPS) is 13.9. The predicted molar refractivity (Wildman–Crippen MR) is 70.2 cm³/mol. The number of rotatable bonds is 4. The topological polar surface area (TPSA) is 72.2 Å². The van der Waals surface area contributed by atoms with Crippen LogP contribution in [0.5, 0.6) is 0 Å². The van der Waals surface area contributed by atoms with E-state index in [9.17, 15) is 12.8 Å². The molecule has 0 amide bonds. The number of sulfonamides is 1. The van der Waals surface area contributed by atoms with Gasteiger partial charge in [0.1, 0.15) is 10.7 Å². The van der Waals surface area contributed by atoms with Gasteiger partial charge in [0.25, 0.3) is 0 Å². The van der Waals surface area contributed by atoms with Crippen LogP contribution in [0.15, 0.2) is 17.0 Å². The Balaban J connectivity index is 3.17. The van der Waals surface area contributed by atoms with E-state index in [1.807, 2.05) is 13.8 Å². The van der Waals surface area contributed by atoms with Crippen molar-refractivity contribution in [2.75, 3.05) is 5.73 Å². The Morgan fingerprint density at radius 3 is 2.33 bits per heavy atom. The standard InChI is InChI=1S/C12H19FN2O2S/c1-7(2)9(4)15-18(16,17)12-6-11(14)8(3)5-10(12)13/h5-7,9,15H,14H2,1-4H3. The van der Waals surface area contributed by atoms with Crippen LogP contribution in [0.3, 0.4) is 0 Å². The molecule has 0 fully saturated rings. The van der Waals surface area contributed by atoms with E-state index in [4.69, 9.17) is 5.73 Å². The van der Waals surface area contributed by atoms with Crippen molar-refractivity contribution in [3.63, 3.8) is 0 Å². The fourth-order valence-corrected chi connectivity index (χ4v) is 2.81. The Morgan fingerprint density at radius 1 is 1.28 bits per heavy atom. The quantitative estimate of drug-likeness (QED) is 0.825. The van der Waals surface area contributed by atoms with Gasteiger partial charge in [-0.2, -0.15) is 0 Å². The molecule has 18 heavy (non-hydrogen) atoms. The average molecular weight is 274 g/mol. The van der Waals surface area contributed by atoms with Crippen molar-refractivity contribution in [1.82, 2.24) is 4.72 Å². The van der Waals surface area contributed by atoms with Gasteiger partial charge < -0.3 is 5.73 Å². The lowest BCUT2D eigenvalue weighted by Gasteiger charge is -2.18. The van der Waals surface area contributed by atoms with Crippen molar-refractivity contribution >= 4 is 15.7 Å². The fraction of sp³-hybridized carbons (Fsp3) is 0.500. The summed E-state index contributed by atoms with van der Waals surface area (Å²) in [5, 5.41) is 0. The minimum atomic E-state index is -3.88. The van der Waals surface area contributed by atoms with E-state index >= 15 is 0 Å². The summed E-state index contributed by atoms with van der Waals surface area (Å²) in [6.07, 6.45) is 0. The molecule has 0 heterocycles. The van der Waals surface area contributed by atoms with Crippen molar-refractivity contribution in [2.24, 2.45) is 5.92 Å². The number of nitrogens with two attached hydrogens (primary N) is 1. The first kappa shape index (κ1) is 14.9. The van der Waals surface area contributed by atoms with Crippen LogP contribution in [-0.2, 0) is 10.0 Å². The Kier molecular flexibility index (Phi) is 4.34. The minimum absolute atomic E-state index is 0.116. The summed E-state index contributed by atoms with van der Waals surface area (Å²) in [5.41, 5.74) is 6.39. The largest absolute Gasteiger partial charge is 0.398 e. The summed E-state index contributed by atoms with van der Waals surface area (Å²) >= 11 is 0. The molecular formula is C12H19FN2O2S. The highest BCUT2D eigenvalue weighted by atomic mass is 32.2. The molecule has 1 aromatic carbocycles. The molecule has 102 valence electrons. The van der Waals surface area contributed by atoms with E-state index in [1.54, 1.807) is 13.8 Å². The molecule has 0 saturated carbocycles. The molecule has 0 aliphatic rings. The number of nitrogens with one attached hydrogen (secondary N) is 1. The number of halogens is 1. The van der Waals surface area contributed by atoms with E-state index in [0.717, 1.165) is 12.1 Å². The van der Waals surface area contributed by atoms with Gasteiger partial charge in [-0.15, -0.1) is 0 Å². The maximum atomic E-state index is 13.7. The third-order valence-corrected chi connectivity index (χ3v) is 4.53. The molecule has 3 N–H and O–H groups in total. The first-order valence-electron chi connectivity index (χ1n) is 5.73. The van der Waals surface area contributed by atoms with Gasteiger partial charge in [0.15, 0.2) is 0 Å². The number of anilines is 1. The number of nitrogen functional groups attached to an aromatic ring is 1. The van der Waals surface area contributed by atoms with Gasteiger partial charge in [-0.05, 0) is 37.5 Å². The number of hydrogen-bond acceptors (Lipinski definition) is 3. The monoisotopic (exact) mass is 274 g/mol. The summed E-state index contributed by atoms with van der Waals surface area (Å²) < 4.78 is 40.2. The smallest absolute Gasteiger partial charge is 0.243 e. The van der Waals surface area contributed by atoms with Gasteiger partial charge >= 0.3 is 0 Å². The Labute approximate surface area is 107 Å². The minimum Gasteiger partial charge on any atom is -0.398 e. The van der Waals surface area contributed by atoms with Crippen molar-refractivity contribution in [3.05, 3.63) is 23.5 Å². The van der Waals surface area contributed by atoms with E-state index in [2.05, 4.69) is 4.72 Å². The molecular weight excluding hydrogens is 255 g/mol. The predicted octanol–water partition coefficient (Wildman–Crippen LogP) is 2.04. The van der Waals surface area contributed by atoms with Crippen molar-refractivity contribution in [2.45, 2.75) is 38.6 Å². The molecule has 0 aromatic heterocycles. The summed E-state index contributed by atoms with van der Waals surface area (Å²) in [4.78, 5) is -0.405. The molecule has 0 spiro atoms. The molecule has 1 atom stereocenters. The van der Waals surface area contributed by atoms with Crippen LogP contribution in [0.25, 0.3) is 0 Å². The molecule has 0 radical (unpaired) electrons. The van der Waals surface area contributed by atoms with Gasteiger partial charge in [0.2, 0.25) is 10.0 Å². The second kappa shape index (κ2) is 5.24. The molecule has 1 aromatic rings. The Hall–Kier alpha value is -1.14. The van der Waals surface area contributed by atoms with Gasteiger partial charge in [-0.3, -0.25) is 0 Å². The highest BCUT2D eigenvalue weighted by molar-refractivity contribution is 7.89. The molecule has 6 heteroatoms. The Morgan fingerprint density at radius 2 is 1.83 bits per heavy atom. The number of hydrogen-bond donors (Lipinski definition) is 2. The maximum absolute atomic E-state index is 13.7. The van der Waals surface area contributed by atoms with Crippen LogP contribution in [-0.4, -0.2) is 14.5 Å². The van der Waals surface area contributed by atoms with Crippen LogP contribution in [0.4, 0.5) is 10.1 Å². The van der Waals surface area contributed by atoms with Gasteiger partial charge in [0.05, 0.1) is 0 Å². The summed E-state index contributed by atoms with van der Waals surface area (Å²) in [6, 6.07) is 2.00. The second-order valence-corrected chi connectivity index (χ2v) is 6.48. The number of aryl methyl sites for hydroxylation is 1. The zero-order valence-electron chi connectivity index (χ0n) is 11.0. The third-order valence-electron chi connectivity index (χ3n) is 2.95.